The van der Waals surface area contributed by atoms with E-state index in [4.69, 9.17) is 4.74 Å². The largest absolute Gasteiger partial charge is 0.363 e. The molecule has 13 heavy (non-hydrogen) atoms. The van der Waals surface area contributed by atoms with E-state index in [0.717, 1.165) is 12.8 Å². The molecule has 3 nitrogen and oxygen atoms in total. The number of ether oxygens (including phenoxy) is 1. The van der Waals surface area contributed by atoms with E-state index in [-0.39, 0.29) is 33.3 Å². The Kier molecular flexibility index (Phi) is 10.3. The van der Waals surface area contributed by atoms with Crippen LogP contribution in [0.3, 0.4) is 0 Å². The minimum absolute atomic E-state index is 0. The molecule has 0 aliphatic rings. The maximum absolute atomic E-state index is 10.8. The number of carbonyl (C=O) groups excluding carboxylic acids is 2. The summed E-state index contributed by atoms with van der Waals surface area (Å²) in [6.45, 7) is 5.26. The minimum atomic E-state index is -0.837. The summed E-state index contributed by atoms with van der Waals surface area (Å²) < 4.78 is 5.11. The Labute approximate surface area is 94.1 Å². The third-order valence-corrected chi connectivity index (χ3v) is 1.52. The van der Waals surface area contributed by atoms with Crippen LogP contribution in [0.2, 0.25) is 0 Å². The molecule has 0 N–H and O–H groups in total. The molecule has 0 saturated carbocycles. The Hall–Kier alpha value is 0.0143. The van der Waals surface area contributed by atoms with E-state index in [9.17, 15) is 9.59 Å². The minimum Gasteiger partial charge on any atom is -0.363 e. The number of unbranched alkanes of at least 4 members (excludes halogenated alkanes) is 1. The van der Waals surface area contributed by atoms with Crippen molar-refractivity contribution in [2.45, 2.75) is 39.7 Å². The summed E-state index contributed by atoms with van der Waals surface area (Å²) in [5.41, 5.74) is 0. The summed E-state index contributed by atoms with van der Waals surface area (Å²) in [5, 5.41) is 0. The molecule has 0 unspecified atom stereocenters. The molecule has 0 aromatic carbocycles. The Morgan fingerprint density at radius 1 is 1.23 bits per heavy atom. The van der Waals surface area contributed by atoms with Crippen molar-refractivity contribution in [2.75, 3.05) is 6.61 Å². The first-order valence-corrected chi connectivity index (χ1v) is 4.22. The Morgan fingerprint density at radius 2 is 1.69 bits per heavy atom. The SMILES string of the molecule is CCCCOC(C(C)=O)C(C)=O.[Ti]. The number of carbonyl (C=O) groups is 2. The summed E-state index contributed by atoms with van der Waals surface area (Å²) in [5.74, 6) is -0.419. The van der Waals surface area contributed by atoms with Gasteiger partial charge in [-0.2, -0.15) is 0 Å². The summed E-state index contributed by atoms with van der Waals surface area (Å²) in [4.78, 5) is 21.7. The van der Waals surface area contributed by atoms with Gasteiger partial charge < -0.3 is 4.74 Å². The van der Waals surface area contributed by atoms with Crippen molar-refractivity contribution in [1.82, 2.24) is 0 Å². The van der Waals surface area contributed by atoms with E-state index in [0.29, 0.717) is 6.61 Å². The zero-order valence-electron chi connectivity index (χ0n) is 8.42. The van der Waals surface area contributed by atoms with Gasteiger partial charge in [0.15, 0.2) is 17.7 Å². The number of rotatable bonds is 6. The molecule has 0 spiro atoms. The molecule has 0 fully saturated rings. The summed E-state index contributed by atoms with van der Waals surface area (Å²) in [7, 11) is 0. The van der Waals surface area contributed by atoms with E-state index in [2.05, 4.69) is 0 Å². The van der Waals surface area contributed by atoms with Crippen LogP contribution in [-0.4, -0.2) is 24.3 Å². The fourth-order valence-electron chi connectivity index (χ4n) is 0.866. The second-order valence-electron chi connectivity index (χ2n) is 2.83. The van der Waals surface area contributed by atoms with Gasteiger partial charge in [-0.15, -0.1) is 0 Å². The smallest absolute Gasteiger partial charge is 0.173 e. The van der Waals surface area contributed by atoms with Gasteiger partial charge in [0.05, 0.1) is 0 Å². The van der Waals surface area contributed by atoms with Gasteiger partial charge >= 0.3 is 0 Å². The molecule has 0 radical (unpaired) electrons. The number of Topliss-reactive ketones (excluding diaryl/α,β-unsaturated/α-hetero) is 2. The third-order valence-electron chi connectivity index (χ3n) is 1.52. The van der Waals surface area contributed by atoms with Gasteiger partial charge in [0.2, 0.25) is 0 Å². The zero-order chi connectivity index (χ0) is 9.56. The molecule has 0 rings (SSSR count). The second-order valence-corrected chi connectivity index (χ2v) is 2.83. The Bertz CT molecular complexity index is 154. The van der Waals surface area contributed by atoms with Crippen molar-refractivity contribution in [3.8, 4) is 0 Å². The van der Waals surface area contributed by atoms with Crippen LogP contribution >= 0.6 is 0 Å². The fourth-order valence-corrected chi connectivity index (χ4v) is 0.866. The van der Waals surface area contributed by atoms with Crippen LogP contribution in [-0.2, 0) is 36.0 Å². The molecule has 0 atom stereocenters. The van der Waals surface area contributed by atoms with Gasteiger partial charge in [-0.25, -0.2) is 0 Å². The van der Waals surface area contributed by atoms with Gasteiger partial charge in [-0.05, 0) is 20.3 Å². The first-order valence-electron chi connectivity index (χ1n) is 4.22. The second kappa shape index (κ2) is 8.61. The zero-order valence-corrected chi connectivity index (χ0v) is 9.98. The molecule has 4 heteroatoms. The molecule has 0 aromatic rings. The Morgan fingerprint density at radius 3 is 2.00 bits per heavy atom. The predicted octanol–water partition coefficient (Wildman–Crippen LogP) is 1.35. The number of ketones is 2. The van der Waals surface area contributed by atoms with E-state index in [1.807, 2.05) is 6.92 Å². The molecule has 0 saturated heterocycles. The summed E-state index contributed by atoms with van der Waals surface area (Å²) in [6.07, 6.45) is 1.05. The quantitative estimate of drug-likeness (QED) is 0.385. The van der Waals surface area contributed by atoms with Crippen LogP contribution in [0, 0.1) is 0 Å². The maximum Gasteiger partial charge on any atom is 0.173 e. The van der Waals surface area contributed by atoms with Crippen LogP contribution in [0.5, 0.6) is 0 Å². The van der Waals surface area contributed by atoms with Crippen molar-refractivity contribution in [2.24, 2.45) is 0 Å². The molecule has 0 bridgehead atoms. The molecule has 74 valence electrons. The van der Waals surface area contributed by atoms with Gasteiger partial charge in [0.25, 0.3) is 0 Å². The van der Waals surface area contributed by atoms with E-state index < -0.39 is 6.10 Å². The molecule has 0 aliphatic carbocycles. The van der Waals surface area contributed by atoms with Crippen LogP contribution in [0.25, 0.3) is 0 Å². The van der Waals surface area contributed by atoms with Crippen molar-refractivity contribution in [3.05, 3.63) is 0 Å². The predicted molar refractivity (Wildman–Crippen MR) is 46.0 cm³/mol. The molecule has 0 aliphatic heterocycles. The topological polar surface area (TPSA) is 43.4 Å². The molecular weight excluding hydrogens is 204 g/mol. The summed E-state index contributed by atoms with van der Waals surface area (Å²) >= 11 is 0. The van der Waals surface area contributed by atoms with Gasteiger partial charge in [-0.3, -0.25) is 9.59 Å². The first kappa shape index (κ1) is 15.5. The van der Waals surface area contributed by atoms with Crippen molar-refractivity contribution < 1.29 is 36.0 Å². The fraction of sp³-hybridized carbons (Fsp3) is 0.778. The Balaban J connectivity index is 0. The standard InChI is InChI=1S/C9H16O3.Ti/c1-4-5-6-12-9(7(2)10)8(3)11;/h9H,4-6H2,1-3H3;. The van der Waals surface area contributed by atoms with Crippen molar-refractivity contribution >= 4 is 11.6 Å². The van der Waals surface area contributed by atoms with Gasteiger partial charge in [0, 0.05) is 28.3 Å². The van der Waals surface area contributed by atoms with Crippen LogP contribution in [0.15, 0.2) is 0 Å². The molecule has 0 heterocycles. The summed E-state index contributed by atoms with van der Waals surface area (Å²) in [6, 6.07) is 0. The number of hydrogen-bond donors (Lipinski definition) is 0. The third kappa shape index (κ3) is 7.11. The normalized spacial score (nSPS) is 9.54. The maximum atomic E-state index is 10.8. The first-order chi connectivity index (χ1) is 5.59. The van der Waals surface area contributed by atoms with Crippen LogP contribution in [0.4, 0.5) is 0 Å². The van der Waals surface area contributed by atoms with Crippen LogP contribution < -0.4 is 0 Å². The molecule has 0 aromatic heterocycles. The van der Waals surface area contributed by atoms with Crippen molar-refractivity contribution in [3.63, 3.8) is 0 Å². The van der Waals surface area contributed by atoms with Gasteiger partial charge in [-0.1, -0.05) is 13.3 Å². The van der Waals surface area contributed by atoms with Crippen molar-refractivity contribution in [1.29, 1.82) is 0 Å². The molecular formula is C9H16O3Ti. The monoisotopic (exact) mass is 220 g/mol. The van der Waals surface area contributed by atoms with E-state index in [1.165, 1.54) is 13.8 Å². The molecule has 0 amide bonds. The average molecular weight is 220 g/mol. The van der Waals surface area contributed by atoms with Crippen LogP contribution in [0.1, 0.15) is 33.6 Å². The average Bonchev–Trinajstić information content (AvgIpc) is 1.96. The van der Waals surface area contributed by atoms with Gasteiger partial charge in [0.1, 0.15) is 0 Å². The number of hydrogen-bond acceptors (Lipinski definition) is 3. The van der Waals surface area contributed by atoms with E-state index >= 15 is 0 Å². The van der Waals surface area contributed by atoms with E-state index in [1.54, 1.807) is 0 Å².